The molecule has 5 nitrogen and oxygen atoms in total. The number of hydrogen-bond donors (Lipinski definition) is 0. The Kier molecular flexibility index (Phi) is 5.05. The van der Waals surface area contributed by atoms with Gasteiger partial charge in [0.1, 0.15) is 0 Å². The van der Waals surface area contributed by atoms with Gasteiger partial charge in [0.15, 0.2) is 0 Å². The highest BCUT2D eigenvalue weighted by atomic mass is 16.5. The quantitative estimate of drug-likeness (QED) is 0.842. The number of amides is 1. The number of nitrogens with zero attached hydrogens (tertiary/aromatic N) is 3. The molecule has 0 unspecified atom stereocenters. The third kappa shape index (κ3) is 3.47. The summed E-state index contributed by atoms with van der Waals surface area (Å²) < 4.78 is 5.29. The van der Waals surface area contributed by atoms with Crippen LogP contribution < -0.4 is 0 Å². The Morgan fingerprint density at radius 2 is 2.23 bits per heavy atom. The maximum atomic E-state index is 12.6. The molecule has 120 valence electrons. The van der Waals surface area contributed by atoms with Crippen LogP contribution in [-0.2, 0) is 16.0 Å². The topological polar surface area (TPSA) is 45.7 Å². The lowest BCUT2D eigenvalue weighted by Crippen LogP contribution is -2.63. The van der Waals surface area contributed by atoms with Crippen LogP contribution in [0.25, 0.3) is 0 Å². The summed E-state index contributed by atoms with van der Waals surface area (Å²) in [6, 6.07) is 6.79. The van der Waals surface area contributed by atoms with E-state index in [9.17, 15) is 4.79 Å². The monoisotopic (exact) mass is 303 g/mol. The SMILES string of the molecule is COC[C@@H]1C[C@@H]2CN(C(=O)Cc3ccccn3)CCCCN12. The third-order valence-electron chi connectivity index (χ3n) is 4.78. The molecule has 2 aliphatic rings. The minimum atomic E-state index is 0.204. The zero-order valence-electron chi connectivity index (χ0n) is 13.3. The van der Waals surface area contributed by atoms with Crippen LogP contribution in [0, 0.1) is 0 Å². The number of carbonyl (C=O) groups is 1. The lowest BCUT2D eigenvalue weighted by molar-refractivity contribution is -0.134. The average molecular weight is 303 g/mol. The van der Waals surface area contributed by atoms with Gasteiger partial charge in [-0.3, -0.25) is 14.7 Å². The molecule has 0 N–H and O–H groups in total. The maximum absolute atomic E-state index is 12.6. The summed E-state index contributed by atoms with van der Waals surface area (Å²) in [6.07, 6.45) is 5.54. The van der Waals surface area contributed by atoms with E-state index in [2.05, 4.69) is 9.88 Å². The van der Waals surface area contributed by atoms with Gasteiger partial charge in [-0.1, -0.05) is 6.07 Å². The number of rotatable bonds is 4. The van der Waals surface area contributed by atoms with E-state index >= 15 is 0 Å². The highest BCUT2D eigenvalue weighted by Gasteiger charge is 2.39. The number of ether oxygens (including phenoxy) is 1. The number of aromatic nitrogens is 1. The zero-order chi connectivity index (χ0) is 15.4. The lowest BCUT2D eigenvalue weighted by Gasteiger charge is -2.51. The van der Waals surface area contributed by atoms with E-state index in [-0.39, 0.29) is 5.91 Å². The maximum Gasteiger partial charge on any atom is 0.228 e. The summed E-state index contributed by atoms with van der Waals surface area (Å²) >= 11 is 0. The van der Waals surface area contributed by atoms with E-state index in [0.29, 0.717) is 18.5 Å². The summed E-state index contributed by atoms with van der Waals surface area (Å²) in [7, 11) is 1.76. The Labute approximate surface area is 132 Å². The number of pyridine rings is 1. The Balaban J connectivity index is 1.58. The fourth-order valence-corrected chi connectivity index (χ4v) is 3.58. The van der Waals surface area contributed by atoms with Gasteiger partial charge < -0.3 is 9.64 Å². The molecule has 1 aromatic rings. The minimum absolute atomic E-state index is 0.204. The molecule has 2 atom stereocenters. The van der Waals surface area contributed by atoms with Crippen LogP contribution >= 0.6 is 0 Å². The molecule has 0 saturated carbocycles. The molecule has 0 bridgehead atoms. The van der Waals surface area contributed by atoms with Gasteiger partial charge >= 0.3 is 0 Å². The van der Waals surface area contributed by atoms with Gasteiger partial charge in [0, 0.05) is 44.2 Å². The van der Waals surface area contributed by atoms with E-state index < -0.39 is 0 Å². The van der Waals surface area contributed by atoms with Gasteiger partial charge in [0.05, 0.1) is 13.0 Å². The summed E-state index contributed by atoms with van der Waals surface area (Å²) in [4.78, 5) is 21.4. The first-order valence-electron chi connectivity index (χ1n) is 8.20. The Hall–Kier alpha value is -1.46. The average Bonchev–Trinajstić information content (AvgIpc) is 2.50. The van der Waals surface area contributed by atoms with Crippen molar-refractivity contribution in [1.82, 2.24) is 14.8 Å². The van der Waals surface area contributed by atoms with E-state index in [1.165, 1.54) is 0 Å². The lowest BCUT2D eigenvalue weighted by atomic mass is 9.91. The van der Waals surface area contributed by atoms with Gasteiger partial charge in [-0.2, -0.15) is 0 Å². The van der Waals surface area contributed by atoms with E-state index in [0.717, 1.165) is 51.2 Å². The van der Waals surface area contributed by atoms with Crippen LogP contribution in [0.2, 0.25) is 0 Å². The van der Waals surface area contributed by atoms with Gasteiger partial charge in [0.2, 0.25) is 5.91 Å². The minimum Gasteiger partial charge on any atom is -0.383 e. The summed E-state index contributed by atoms with van der Waals surface area (Å²) in [5.74, 6) is 0.204. The predicted molar refractivity (Wildman–Crippen MR) is 84.5 cm³/mol. The highest BCUT2D eigenvalue weighted by molar-refractivity contribution is 5.78. The van der Waals surface area contributed by atoms with Crippen LogP contribution in [0.5, 0.6) is 0 Å². The van der Waals surface area contributed by atoms with E-state index in [1.807, 2.05) is 23.1 Å². The number of hydrogen-bond acceptors (Lipinski definition) is 4. The Morgan fingerprint density at radius 1 is 1.36 bits per heavy atom. The standard InChI is InChI=1S/C17H25N3O2/c1-22-13-16-11-15-12-19(8-4-5-9-20(15)16)17(21)10-14-6-2-3-7-18-14/h2-3,6-7,15-16H,4-5,8-13H2,1H3/t15-,16+/m1/s1. The molecule has 2 saturated heterocycles. The number of fused-ring (bicyclic) bond motifs is 1. The molecule has 3 rings (SSSR count). The van der Waals surface area contributed by atoms with Crippen molar-refractivity contribution < 1.29 is 9.53 Å². The number of methoxy groups -OCH3 is 1. The molecule has 0 aromatic carbocycles. The Bertz CT molecular complexity index is 494. The first-order chi connectivity index (χ1) is 10.8. The molecule has 3 heterocycles. The van der Waals surface area contributed by atoms with Crippen molar-refractivity contribution in [3.8, 4) is 0 Å². The van der Waals surface area contributed by atoms with Gasteiger partial charge in [-0.15, -0.1) is 0 Å². The van der Waals surface area contributed by atoms with Crippen molar-refractivity contribution in [3.63, 3.8) is 0 Å². The first kappa shape index (κ1) is 15.4. The molecule has 0 aliphatic carbocycles. The van der Waals surface area contributed by atoms with Crippen molar-refractivity contribution in [2.45, 2.75) is 37.8 Å². The smallest absolute Gasteiger partial charge is 0.228 e. The van der Waals surface area contributed by atoms with Crippen LogP contribution in [0.3, 0.4) is 0 Å². The summed E-state index contributed by atoms with van der Waals surface area (Å²) in [6.45, 7) is 3.68. The van der Waals surface area contributed by atoms with Gasteiger partial charge in [0.25, 0.3) is 0 Å². The van der Waals surface area contributed by atoms with Crippen LogP contribution in [-0.4, -0.2) is 66.1 Å². The fraction of sp³-hybridized carbons (Fsp3) is 0.647. The number of carbonyl (C=O) groups excluding carboxylic acids is 1. The molecule has 1 aromatic heterocycles. The predicted octanol–water partition coefficient (Wildman–Crippen LogP) is 1.34. The largest absolute Gasteiger partial charge is 0.383 e. The van der Waals surface area contributed by atoms with E-state index in [1.54, 1.807) is 13.3 Å². The summed E-state index contributed by atoms with van der Waals surface area (Å²) in [5, 5.41) is 0. The van der Waals surface area contributed by atoms with Crippen molar-refractivity contribution >= 4 is 5.91 Å². The molecule has 0 radical (unpaired) electrons. The van der Waals surface area contributed by atoms with Gasteiger partial charge in [-0.25, -0.2) is 0 Å². The Morgan fingerprint density at radius 3 is 3.00 bits per heavy atom. The zero-order valence-corrected chi connectivity index (χ0v) is 13.3. The van der Waals surface area contributed by atoms with Crippen LogP contribution in [0.15, 0.2) is 24.4 Å². The molecule has 2 fully saturated rings. The fourth-order valence-electron chi connectivity index (χ4n) is 3.58. The molecular formula is C17H25N3O2. The molecule has 2 aliphatic heterocycles. The molecule has 0 spiro atoms. The normalized spacial score (nSPS) is 25.8. The highest BCUT2D eigenvalue weighted by Crippen LogP contribution is 2.28. The van der Waals surface area contributed by atoms with E-state index in [4.69, 9.17) is 4.74 Å². The molecular weight excluding hydrogens is 278 g/mol. The van der Waals surface area contributed by atoms with Crippen molar-refractivity contribution in [2.24, 2.45) is 0 Å². The second kappa shape index (κ2) is 7.20. The van der Waals surface area contributed by atoms with Crippen molar-refractivity contribution in [2.75, 3.05) is 33.4 Å². The second-order valence-corrected chi connectivity index (χ2v) is 6.28. The molecule has 22 heavy (non-hydrogen) atoms. The van der Waals surface area contributed by atoms with Gasteiger partial charge in [-0.05, 0) is 37.9 Å². The van der Waals surface area contributed by atoms with Crippen LogP contribution in [0.1, 0.15) is 25.0 Å². The summed E-state index contributed by atoms with van der Waals surface area (Å²) in [5.41, 5.74) is 0.859. The molecule has 1 amide bonds. The second-order valence-electron chi connectivity index (χ2n) is 6.28. The first-order valence-corrected chi connectivity index (χ1v) is 8.20. The third-order valence-corrected chi connectivity index (χ3v) is 4.78. The molecule has 5 heteroatoms. The van der Waals surface area contributed by atoms with Crippen LogP contribution in [0.4, 0.5) is 0 Å². The van der Waals surface area contributed by atoms with Crippen molar-refractivity contribution in [1.29, 1.82) is 0 Å². The van der Waals surface area contributed by atoms with Crippen molar-refractivity contribution in [3.05, 3.63) is 30.1 Å².